The molecule has 0 atom stereocenters. The number of phenols is 1. The first-order chi connectivity index (χ1) is 20.4. The van der Waals surface area contributed by atoms with Gasteiger partial charge >= 0.3 is 12.1 Å². The van der Waals surface area contributed by atoms with Crippen molar-refractivity contribution < 1.29 is 34.0 Å². The van der Waals surface area contributed by atoms with Gasteiger partial charge in [-0.15, -0.1) is 0 Å². The molecule has 0 aliphatic heterocycles. The number of aromatic hydroxyl groups is 1. The van der Waals surface area contributed by atoms with Crippen molar-refractivity contribution in [1.82, 2.24) is 0 Å². The van der Waals surface area contributed by atoms with Crippen molar-refractivity contribution in [3.8, 4) is 28.4 Å². The van der Waals surface area contributed by atoms with Gasteiger partial charge in [0.05, 0.1) is 12.8 Å². The molecular weight excluding hydrogens is 554 g/mol. The number of anilines is 1. The lowest BCUT2D eigenvalue weighted by atomic mass is 9.93. The van der Waals surface area contributed by atoms with Gasteiger partial charge in [-0.2, -0.15) is 0 Å². The number of carbonyl (C=O) groups excluding carboxylic acids is 1. The summed E-state index contributed by atoms with van der Waals surface area (Å²) in [6, 6.07) is 27.6. The molecule has 0 radical (unpaired) electrons. The van der Waals surface area contributed by atoms with Crippen LogP contribution >= 0.6 is 11.9 Å². The summed E-state index contributed by atoms with van der Waals surface area (Å²) in [5.74, 6) is -0.442. The Morgan fingerprint density at radius 3 is 2.17 bits per heavy atom. The molecule has 0 aliphatic carbocycles. The van der Waals surface area contributed by atoms with Gasteiger partial charge in [-0.1, -0.05) is 74.9 Å². The van der Waals surface area contributed by atoms with E-state index in [0.29, 0.717) is 22.2 Å². The van der Waals surface area contributed by atoms with Gasteiger partial charge in [0, 0.05) is 26.8 Å². The molecule has 0 spiro atoms. The van der Waals surface area contributed by atoms with Crippen molar-refractivity contribution in [3.63, 3.8) is 0 Å². The lowest BCUT2D eigenvalue weighted by molar-refractivity contribution is -0.140. The molecule has 0 saturated heterocycles. The first-order valence-electron chi connectivity index (χ1n) is 13.3. The first kappa shape index (κ1) is 30.1. The van der Waals surface area contributed by atoms with E-state index in [4.69, 9.17) is 19.3 Å². The van der Waals surface area contributed by atoms with E-state index in [-0.39, 0.29) is 11.5 Å². The van der Waals surface area contributed by atoms with E-state index in [1.54, 1.807) is 37.4 Å². The SMILES string of the molecule is CCC.COc1ccc(SNc2cc(-c3c(O)ccc4ccccc34)c(OC(=O)OCC(=O)O)c3ccccc23)cc1. The molecule has 0 heterocycles. The maximum Gasteiger partial charge on any atom is 0.514 e. The van der Waals surface area contributed by atoms with Crippen molar-refractivity contribution in [2.75, 3.05) is 18.4 Å². The zero-order chi connectivity index (χ0) is 30.1. The van der Waals surface area contributed by atoms with Crippen LogP contribution in [0.3, 0.4) is 0 Å². The number of carboxylic acids is 1. The quantitative estimate of drug-likeness (QED) is 0.0936. The third-order valence-electron chi connectivity index (χ3n) is 6.01. The largest absolute Gasteiger partial charge is 0.514 e. The number of ether oxygens (including phenoxy) is 3. The average molecular weight is 586 g/mol. The van der Waals surface area contributed by atoms with Crippen LogP contribution in [0, 0.1) is 0 Å². The highest BCUT2D eigenvalue weighted by Gasteiger charge is 2.22. The maximum atomic E-state index is 12.5. The van der Waals surface area contributed by atoms with Crippen LogP contribution in [-0.4, -0.2) is 36.1 Å². The van der Waals surface area contributed by atoms with Crippen molar-refractivity contribution in [3.05, 3.63) is 91.0 Å². The fourth-order valence-corrected chi connectivity index (χ4v) is 4.93. The summed E-state index contributed by atoms with van der Waals surface area (Å²) < 4.78 is 19.0. The second kappa shape index (κ2) is 14.1. The highest BCUT2D eigenvalue weighted by molar-refractivity contribution is 8.00. The number of benzene rings is 5. The minimum Gasteiger partial charge on any atom is -0.507 e. The summed E-state index contributed by atoms with van der Waals surface area (Å²) in [4.78, 5) is 24.4. The molecule has 42 heavy (non-hydrogen) atoms. The molecule has 0 aliphatic rings. The second-order valence-corrected chi connectivity index (χ2v) is 10.0. The Morgan fingerprint density at radius 1 is 0.857 bits per heavy atom. The van der Waals surface area contributed by atoms with Crippen LogP contribution in [0.2, 0.25) is 0 Å². The molecule has 0 saturated carbocycles. The van der Waals surface area contributed by atoms with Gasteiger partial charge in [-0.05, 0) is 59.1 Å². The van der Waals surface area contributed by atoms with E-state index in [1.165, 1.54) is 18.4 Å². The van der Waals surface area contributed by atoms with Gasteiger partial charge in [-0.3, -0.25) is 0 Å². The van der Waals surface area contributed by atoms with Crippen LogP contribution in [-0.2, 0) is 9.53 Å². The van der Waals surface area contributed by atoms with E-state index < -0.39 is 18.7 Å². The van der Waals surface area contributed by atoms with Crippen LogP contribution in [0.1, 0.15) is 20.3 Å². The molecular formula is C33H31NO7S. The molecule has 216 valence electrons. The summed E-state index contributed by atoms with van der Waals surface area (Å²) in [6.07, 6.45) is 0.0804. The van der Waals surface area contributed by atoms with Gasteiger partial charge in [0.1, 0.15) is 11.5 Å². The third-order valence-corrected chi connectivity index (χ3v) is 6.84. The van der Waals surface area contributed by atoms with Crippen LogP contribution < -0.4 is 14.2 Å². The first-order valence-corrected chi connectivity index (χ1v) is 14.1. The molecule has 0 amide bonds. The van der Waals surface area contributed by atoms with Crippen molar-refractivity contribution in [2.24, 2.45) is 0 Å². The van der Waals surface area contributed by atoms with Gasteiger partial charge < -0.3 is 29.1 Å². The number of hydrogen-bond donors (Lipinski definition) is 3. The Hall–Kier alpha value is -4.89. The number of carboxylic acid groups (broad SMARTS) is 1. The molecule has 5 rings (SSSR count). The molecule has 0 unspecified atom stereocenters. The average Bonchev–Trinajstić information content (AvgIpc) is 3.00. The summed E-state index contributed by atoms with van der Waals surface area (Å²) in [6.45, 7) is 3.41. The summed E-state index contributed by atoms with van der Waals surface area (Å²) >= 11 is 1.38. The van der Waals surface area contributed by atoms with Crippen LogP contribution in [0.4, 0.5) is 10.5 Å². The molecule has 0 aromatic heterocycles. The fourth-order valence-electron chi connectivity index (χ4n) is 4.26. The van der Waals surface area contributed by atoms with Gasteiger partial charge in [0.15, 0.2) is 12.4 Å². The van der Waals surface area contributed by atoms with Gasteiger partial charge in [0.25, 0.3) is 0 Å². The summed E-state index contributed by atoms with van der Waals surface area (Å²) in [5, 5.41) is 22.9. The minimum atomic E-state index is -1.31. The monoisotopic (exact) mass is 585 g/mol. The molecule has 9 heteroatoms. The Morgan fingerprint density at radius 2 is 1.50 bits per heavy atom. The van der Waals surface area contributed by atoms with E-state index in [2.05, 4.69) is 18.6 Å². The molecule has 5 aromatic rings. The Kier molecular flexibility index (Phi) is 10.1. The molecule has 5 aromatic carbocycles. The predicted molar refractivity (Wildman–Crippen MR) is 167 cm³/mol. The fraction of sp³-hybridized carbons (Fsp3) is 0.152. The minimum absolute atomic E-state index is 0.0125. The maximum absolute atomic E-state index is 12.5. The standard InChI is InChI=1S/C30H23NO7S.C3H8/c1-36-19-11-13-20(14-12-19)39-31-25-16-24(28-21-7-3-2-6-18(21)10-15-26(28)32)29(23-9-5-4-8-22(23)25)38-30(35)37-17-27(33)34;1-3-2/h2-16,31-32H,17H2,1H3,(H,33,34);3H2,1-2H3. The van der Waals surface area contributed by atoms with Gasteiger partial charge in [0.2, 0.25) is 0 Å². The summed E-state index contributed by atoms with van der Waals surface area (Å²) in [5.41, 5.74) is 1.59. The van der Waals surface area contributed by atoms with Crippen molar-refractivity contribution >= 4 is 51.3 Å². The van der Waals surface area contributed by atoms with Crippen LogP contribution in [0.5, 0.6) is 17.2 Å². The molecule has 8 nitrogen and oxygen atoms in total. The number of phenolic OH excluding ortho intramolecular Hbond substituents is 1. The lowest BCUT2D eigenvalue weighted by Crippen LogP contribution is -2.17. The summed E-state index contributed by atoms with van der Waals surface area (Å²) in [7, 11) is 1.61. The number of methoxy groups -OCH3 is 1. The molecule has 0 bridgehead atoms. The number of nitrogens with one attached hydrogen (secondary N) is 1. The van der Waals surface area contributed by atoms with E-state index in [9.17, 15) is 14.7 Å². The Bertz CT molecular complexity index is 1700. The van der Waals surface area contributed by atoms with E-state index in [1.807, 2.05) is 60.7 Å². The van der Waals surface area contributed by atoms with E-state index >= 15 is 0 Å². The van der Waals surface area contributed by atoms with Crippen LogP contribution in [0.15, 0.2) is 95.9 Å². The van der Waals surface area contributed by atoms with Crippen molar-refractivity contribution in [1.29, 1.82) is 0 Å². The zero-order valence-corrected chi connectivity index (χ0v) is 24.2. The lowest BCUT2D eigenvalue weighted by Gasteiger charge is -2.19. The zero-order valence-electron chi connectivity index (χ0n) is 23.4. The van der Waals surface area contributed by atoms with Gasteiger partial charge in [-0.25, -0.2) is 9.59 Å². The van der Waals surface area contributed by atoms with E-state index in [0.717, 1.165) is 26.8 Å². The number of rotatable bonds is 8. The highest BCUT2D eigenvalue weighted by Crippen LogP contribution is 2.47. The number of aliphatic carboxylic acids is 1. The van der Waals surface area contributed by atoms with Crippen molar-refractivity contribution in [2.45, 2.75) is 25.2 Å². The normalized spacial score (nSPS) is 10.5. The number of fused-ring (bicyclic) bond motifs is 2. The van der Waals surface area contributed by atoms with Crippen LogP contribution in [0.25, 0.3) is 32.7 Å². The highest BCUT2D eigenvalue weighted by atomic mass is 32.2. The number of hydrogen-bond acceptors (Lipinski definition) is 8. The predicted octanol–water partition coefficient (Wildman–Crippen LogP) is 8.51. The second-order valence-electron chi connectivity index (χ2n) is 9.15. The molecule has 3 N–H and O–H groups in total. The smallest absolute Gasteiger partial charge is 0.507 e. The third kappa shape index (κ3) is 7.05. The Balaban J connectivity index is 0.00000129. The number of carbonyl (C=O) groups is 2. The molecule has 0 fully saturated rings. The topological polar surface area (TPSA) is 114 Å². The Labute approximate surface area is 248 Å².